The van der Waals surface area contributed by atoms with Crippen LogP contribution < -0.4 is 5.73 Å². The highest BCUT2D eigenvalue weighted by Crippen LogP contribution is 2.13. The highest BCUT2D eigenvalue weighted by Gasteiger charge is 2.11. The van der Waals surface area contributed by atoms with Gasteiger partial charge in [0.05, 0.1) is 6.54 Å². The number of carbonyl (C=O) groups excluding carboxylic acids is 1. The number of nitrogens with two attached hydrogens (primary N) is 1. The van der Waals surface area contributed by atoms with Crippen molar-refractivity contribution >= 4 is 5.97 Å². The van der Waals surface area contributed by atoms with Crippen molar-refractivity contribution in [3.8, 4) is 0 Å². The molecule has 0 fully saturated rings. The molecular weight excluding hydrogens is 297 g/mol. The summed E-state index contributed by atoms with van der Waals surface area (Å²) >= 11 is 0. The highest BCUT2D eigenvalue weighted by molar-refractivity contribution is 5.71. The van der Waals surface area contributed by atoms with Crippen molar-refractivity contribution in [3.05, 3.63) is 72.3 Å². The fraction of sp³-hybridized carbons (Fsp3) is 0.278. The van der Waals surface area contributed by atoms with Crippen LogP contribution in [0.4, 0.5) is 4.39 Å². The molecule has 0 bridgehead atoms. The SMILES string of the molecule is C=C/C=C(/O)C=C.Cc1ccc(CC(C)OC(=O)CN)c(F)c1. The van der Waals surface area contributed by atoms with Gasteiger partial charge in [-0.15, -0.1) is 0 Å². The second-order valence-electron chi connectivity index (χ2n) is 4.83. The molecule has 4 nitrogen and oxygen atoms in total. The van der Waals surface area contributed by atoms with E-state index in [1.54, 1.807) is 13.0 Å². The lowest BCUT2D eigenvalue weighted by Crippen LogP contribution is -2.23. The number of rotatable bonds is 6. The van der Waals surface area contributed by atoms with E-state index in [2.05, 4.69) is 13.2 Å². The van der Waals surface area contributed by atoms with Crippen LogP contribution in [0.25, 0.3) is 0 Å². The van der Waals surface area contributed by atoms with Crippen LogP contribution in [0, 0.1) is 12.7 Å². The number of aliphatic hydroxyl groups excluding tert-OH is 1. The van der Waals surface area contributed by atoms with Gasteiger partial charge in [-0.3, -0.25) is 4.79 Å². The standard InChI is InChI=1S/C12H16FNO2.C6H8O/c1-8-3-4-10(11(13)5-8)6-9(2)16-12(15)7-14;1-3-5-6(7)4-2/h3-5,9H,6-7,14H2,1-2H3;3-5,7H,1-2H2/b;6-5+. The van der Waals surface area contributed by atoms with E-state index in [1.807, 2.05) is 13.0 Å². The van der Waals surface area contributed by atoms with Gasteiger partial charge >= 0.3 is 5.97 Å². The molecule has 0 aliphatic carbocycles. The van der Waals surface area contributed by atoms with Crippen LogP contribution in [0.5, 0.6) is 0 Å². The van der Waals surface area contributed by atoms with Gasteiger partial charge in [0.1, 0.15) is 17.7 Å². The van der Waals surface area contributed by atoms with Gasteiger partial charge < -0.3 is 15.6 Å². The van der Waals surface area contributed by atoms with Gasteiger partial charge in [-0.05, 0) is 43.2 Å². The third kappa shape index (κ3) is 9.26. The molecule has 126 valence electrons. The van der Waals surface area contributed by atoms with Gasteiger partial charge in [0.25, 0.3) is 0 Å². The highest BCUT2D eigenvalue weighted by atomic mass is 19.1. The van der Waals surface area contributed by atoms with Crippen LogP contribution in [0.3, 0.4) is 0 Å². The zero-order chi connectivity index (χ0) is 17.8. The van der Waals surface area contributed by atoms with Gasteiger partial charge in [0.15, 0.2) is 0 Å². The first-order valence-electron chi connectivity index (χ1n) is 7.12. The van der Waals surface area contributed by atoms with Crippen molar-refractivity contribution in [3.63, 3.8) is 0 Å². The summed E-state index contributed by atoms with van der Waals surface area (Å²) in [5.41, 5.74) is 6.53. The fourth-order valence-electron chi connectivity index (χ4n) is 1.63. The first-order chi connectivity index (χ1) is 10.8. The predicted molar refractivity (Wildman–Crippen MR) is 90.6 cm³/mol. The van der Waals surface area contributed by atoms with Crippen LogP contribution in [-0.4, -0.2) is 23.7 Å². The number of aliphatic hydroxyl groups is 1. The van der Waals surface area contributed by atoms with Crippen molar-refractivity contribution in [2.75, 3.05) is 6.54 Å². The summed E-state index contributed by atoms with van der Waals surface area (Å²) in [6.07, 6.45) is 4.30. The lowest BCUT2D eigenvalue weighted by atomic mass is 10.1. The molecule has 1 rings (SSSR count). The molecule has 1 aromatic rings. The van der Waals surface area contributed by atoms with Crippen LogP contribution in [0.2, 0.25) is 0 Å². The lowest BCUT2D eigenvalue weighted by molar-refractivity contribution is -0.146. The van der Waals surface area contributed by atoms with Crippen LogP contribution >= 0.6 is 0 Å². The molecule has 0 aliphatic heterocycles. The Bertz CT molecular complexity index is 567. The summed E-state index contributed by atoms with van der Waals surface area (Å²) in [5, 5.41) is 8.53. The van der Waals surface area contributed by atoms with Crippen molar-refractivity contribution in [1.82, 2.24) is 0 Å². The molecule has 0 saturated heterocycles. The molecular formula is C18H24FNO3. The molecule has 0 saturated carbocycles. The van der Waals surface area contributed by atoms with E-state index in [4.69, 9.17) is 15.6 Å². The summed E-state index contributed by atoms with van der Waals surface area (Å²) in [5.74, 6) is -0.592. The van der Waals surface area contributed by atoms with Crippen molar-refractivity contribution in [2.45, 2.75) is 26.4 Å². The predicted octanol–water partition coefficient (Wildman–Crippen LogP) is 3.37. The van der Waals surface area contributed by atoms with Gasteiger partial charge in [0.2, 0.25) is 0 Å². The number of carbonyl (C=O) groups is 1. The van der Waals surface area contributed by atoms with Gasteiger partial charge in [0, 0.05) is 6.42 Å². The number of hydrogen-bond donors (Lipinski definition) is 2. The topological polar surface area (TPSA) is 72.5 Å². The van der Waals surface area contributed by atoms with E-state index >= 15 is 0 Å². The van der Waals surface area contributed by atoms with Crippen LogP contribution in [-0.2, 0) is 16.0 Å². The zero-order valence-corrected chi connectivity index (χ0v) is 13.6. The third-order valence-electron chi connectivity index (χ3n) is 2.71. The Morgan fingerprint density at radius 1 is 1.48 bits per heavy atom. The molecule has 23 heavy (non-hydrogen) atoms. The third-order valence-corrected chi connectivity index (χ3v) is 2.71. The quantitative estimate of drug-likeness (QED) is 0.479. The molecule has 5 heteroatoms. The fourth-order valence-corrected chi connectivity index (χ4v) is 1.63. The number of allylic oxidation sites excluding steroid dienone is 3. The van der Waals surface area contributed by atoms with Crippen LogP contribution in [0.15, 0.2) is 55.3 Å². The summed E-state index contributed by atoms with van der Waals surface area (Å²) in [4.78, 5) is 10.9. The molecule has 3 N–H and O–H groups in total. The molecule has 0 radical (unpaired) electrons. The summed E-state index contributed by atoms with van der Waals surface area (Å²) in [6, 6.07) is 5.00. The van der Waals surface area contributed by atoms with Gasteiger partial charge in [-0.2, -0.15) is 0 Å². The normalized spacial score (nSPS) is 11.7. The van der Waals surface area contributed by atoms with E-state index in [0.29, 0.717) is 12.0 Å². The summed E-state index contributed by atoms with van der Waals surface area (Å²) in [7, 11) is 0. The monoisotopic (exact) mass is 321 g/mol. The van der Waals surface area contributed by atoms with E-state index in [-0.39, 0.29) is 24.2 Å². The molecule has 0 spiro atoms. The molecule has 0 aromatic heterocycles. The Labute approximate surface area is 136 Å². The summed E-state index contributed by atoms with van der Waals surface area (Å²) < 4.78 is 18.4. The minimum Gasteiger partial charge on any atom is -0.508 e. The molecule has 0 heterocycles. The molecule has 1 atom stereocenters. The molecule has 1 aromatic carbocycles. The Morgan fingerprint density at radius 3 is 2.57 bits per heavy atom. The number of esters is 1. The van der Waals surface area contributed by atoms with E-state index < -0.39 is 5.97 Å². The Balaban J connectivity index is 0.000000585. The number of benzene rings is 1. The second kappa shape index (κ2) is 11.2. The number of ether oxygens (including phenoxy) is 1. The van der Waals surface area contributed by atoms with E-state index in [0.717, 1.165) is 5.56 Å². The van der Waals surface area contributed by atoms with Gasteiger partial charge in [-0.1, -0.05) is 31.4 Å². The number of halogens is 1. The van der Waals surface area contributed by atoms with Crippen molar-refractivity contribution in [2.24, 2.45) is 5.73 Å². The lowest BCUT2D eigenvalue weighted by Gasteiger charge is -2.13. The minimum atomic E-state index is -0.472. The zero-order valence-electron chi connectivity index (χ0n) is 13.6. The maximum atomic E-state index is 13.5. The smallest absolute Gasteiger partial charge is 0.319 e. The Kier molecular flexibility index (Phi) is 10.0. The first-order valence-corrected chi connectivity index (χ1v) is 7.12. The van der Waals surface area contributed by atoms with E-state index in [1.165, 1.54) is 24.3 Å². The number of hydrogen-bond acceptors (Lipinski definition) is 4. The summed E-state index contributed by atoms with van der Waals surface area (Å²) in [6.45, 7) is 10.1. The maximum absolute atomic E-state index is 13.5. The maximum Gasteiger partial charge on any atom is 0.319 e. The number of aryl methyl sites for hydroxylation is 1. The van der Waals surface area contributed by atoms with Crippen molar-refractivity contribution < 1.29 is 19.0 Å². The minimum absolute atomic E-state index is 0.148. The Hall–Kier alpha value is -2.40. The first kappa shape index (κ1) is 20.6. The van der Waals surface area contributed by atoms with E-state index in [9.17, 15) is 9.18 Å². The second-order valence-corrected chi connectivity index (χ2v) is 4.83. The Morgan fingerprint density at radius 2 is 2.13 bits per heavy atom. The molecule has 1 unspecified atom stereocenters. The van der Waals surface area contributed by atoms with Crippen LogP contribution in [0.1, 0.15) is 18.1 Å². The largest absolute Gasteiger partial charge is 0.508 e. The average molecular weight is 321 g/mol. The van der Waals surface area contributed by atoms with Crippen molar-refractivity contribution in [1.29, 1.82) is 0 Å². The van der Waals surface area contributed by atoms with Gasteiger partial charge in [-0.25, -0.2) is 4.39 Å². The average Bonchev–Trinajstić information content (AvgIpc) is 2.50. The molecule has 0 aliphatic rings. The molecule has 0 amide bonds.